The summed E-state index contributed by atoms with van der Waals surface area (Å²) in [5.74, 6) is 1.90. The summed E-state index contributed by atoms with van der Waals surface area (Å²) < 4.78 is 6.80. The molecule has 1 aliphatic rings. The van der Waals surface area contributed by atoms with Gasteiger partial charge in [-0.3, -0.25) is 0 Å². The Kier molecular flexibility index (Phi) is 5.89. The highest BCUT2D eigenvalue weighted by molar-refractivity contribution is 5.95. The van der Waals surface area contributed by atoms with Crippen molar-refractivity contribution in [3.8, 4) is 22.6 Å². The number of hydrogen-bond donors (Lipinski definition) is 0. The maximum absolute atomic E-state index is 6.80. The van der Waals surface area contributed by atoms with Crippen LogP contribution >= 0.6 is 0 Å². The highest BCUT2D eigenvalue weighted by atomic mass is 16.5. The second-order valence-electron chi connectivity index (χ2n) is 11.4. The monoisotopic (exact) mass is 538 g/mol. The van der Waals surface area contributed by atoms with Crippen molar-refractivity contribution in [3.63, 3.8) is 0 Å². The molecular weight excluding hydrogens is 508 g/mol. The van der Waals surface area contributed by atoms with E-state index in [0.29, 0.717) is 0 Å². The van der Waals surface area contributed by atoms with Crippen molar-refractivity contribution in [2.24, 2.45) is 0 Å². The molecule has 7 aromatic rings. The molecule has 1 heteroatoms. The molecule has 42 heavy (non-hydrogen) atoms. The summed E-state index contributed by atoms with van der Waals surface area (Å²) in [6.07, 6.45) is 1.71. The Bertz CT molecular complexity index is 1950. The van der Waals surface area contributed by atoms with Gasteiger partial charge in [-0.05, 0) is 68.8 Å². The van der Waals surface area contributed by atoms with E-state index < -0.39 is 0 Å². The van der Waals surface area contributed by atoms with Gasteiger partial charge in [0, 0.05) is 16.5 Å². The first-order valence-corrected chi connectivity index (χ1v) is 14.7. The van der Waals surface area contributed by atoms with Crippen LogP contribution in [0.5, 0.6) is 11.5 Å². The van der Waals surface area contributed by atoms with Crippen molar-refractivity contribution in [2.45, 2.75) is 18.3 Å². The van der Waals surface area contributed by atoms with E-state index in [1.54, 1.807) is 0 Å². The van der Waals surface area contributed by atoms with Gasteiger partial charge in [0.2, 0.25) is 0 Å². The predicted molar refractivity (Wildman–Crippen MR) is 174 cm³/mol. The fraction of sp³-hybridized carbons (Fsp3) is 0.0732. The largest absolute Gasteiger partial charge is 0.457 e. The van der Waals surface area contributed by atoms with Crippen LogP contribution in [0, 0.1) is 0 Å². The molecule has 0 spiro atoms. The molecule has 0 bridgehead atoms. The van der Waals surface area contributed by atoms with Crippen molar-refractivity contribution in [2.75, 3.05) is 0 Å². The van der Waals surface area contributed by atoms with Crippen molar-refractivity contribution in [3.05, 3.63) is 180 Å². The van der Waals surface area contributed by atoms with Crippen LogP contribution in [0.2, 0.25) is 0 Å². The number of ether oxygens (including phenoxy) is 1. The van der Waals surface area contributed by atoms with Crippen molar-refractivity contribution < 1.29 is 4.74 Å². The van der Waals surface area contributed by atoms with Gasteiger partial charge in [0.05, 0.1) is 0 Å². The molecule has 0 saturated carbocycles. The summed E-state index contributed by atoms with van der Waals surface area (Å²) >= 11 is 0. The molecule has 0 unspecified atom stereocenters. The van der Waals surface area contributed by atoms with Crippen LogP contribution < -0.4 is 4.74 Å². The van der Waals surface area contributed by atoms with Gasteiger partial charge in [-0.1, -0.05) is 146 Å². The quantitative estimate of drug-likeness (QED) is 0.212. The number of hydrogen-bond acceptors (Lipinski definition) is 1. The number of rotatable bonds is 5. The molecule has 0 radical (unpaired) electrons. The standard InChI is InChI=1S/C41H30O/c1-3-11-29(12-4-1)27-41(28-30-19-21-32(22-20-30)31-13-5-2-6-14-31)39-35-17-9-7-15-33(35)23-25-37(39)42-38-26-24-34-16-8-10-18-36(34)40(38)41/h1-26H,27-28H2. The molecular formula is C41H30O. The molecule has 0 aliphatic carbocycles. The number of benzene rings is 7. The Labute approximate surface area is 246 Å². The second-order valence-corrected chi connectivity index (χ2v) is 11.4. The lowest BCUT2D eigenvalue weighted by Gasteiger charge is -2.42. The fourth-order valence-electron chi connectivity index (χ4n) is 7.06. The zero-order valence-electron chi connectivity index (χ0n) is 23.3. The highest BCUT2D eigenvalue weighted by Gasteiger charge is 2.44. The molecule has 0 fully saturated rings. The molecule has 0 atom stereocenters. The van der Waals surface area contributed by atoms with Gasteiger partial charge in [-0.2, -0.15) is 0 Å². The third kappa shape index (κ3) is 4.09. The van der Waals surface area contributed by atoms with Gasteiger partial charge in [0.1, 0.15) is 11.5 Å². The minimum atomic E-state index is -0.361. The van der Waals surface area contributed by atoms with Crippen LogP contribution in [0.4, 0.5) is 0 Å². The summed E-state index contributed by atoms with van der Waals surface area (Å²) in [5.41, 5.74) is 7.30. The molecule has 0 N–H and O–H groups in total. The first-order chi connectivity index (χ1) is 20.8. The SMILES string of the molecule is c1ccc(CC2(Cc3ccc(-c4ccccc4)cc3)c3c(ccc4ccccc34)Oc3ccc4ccccc4c32)cc1. The van der Waals surface area contributed by atoms with Gasteiger partial charge in [-0.25, -0.2) is 0 Å². The van der Waals surface area contributed by atoms with Crippen molar-refractivity contribution in [1.29, 1.82) is 0 Å². The van der Waals surface area contributed by atoms with Crippen LogP contribution in [-0.2, 0) is 18.3 Å². The Morgan fingerprint density at radius 1 is 0.381 bits per heavy atom. The third-order valence-electron chi connectivity index (χ3n) is 8.87. The maximum Gasteiger partial charge on any atom is 0.132 e. The Balaban J connectivity index is 1.42. The lowest BCUT2D eigenvalue weighted by Crippen LogP contribution is -2.37. The highest BCUT2D eigenvalue weighted by Crippen LogP contribution is 2.55. The summed E-state index contributed by atoms with van der Waals surface area (Å²) in [6.45, 7) is 0. The molecule has 1 nitrogen and oxygen atoms in total. The van der Waals surface area contributed by atoms with E-state index in [9.17, 15) is 0 Å². The summed E-state index contributed by atoms with van der Waals surface area (Å²) in [5, 5.41) is 4.98. The van der Waals surface area contributed by atoms with E-state index in [-0.39, 0.29) is 5.41 Å². The molecule has 0 saturated heterocycles. The minimum Gasteiger partial charge on any atom is -0.457 e. The molecule has 7 aromatic carbocycles. The van der Waals surface area contributed by atoms with E-state index >= 15 is 0 Å². The summed E-state index contributed by atoms with van der Waals surface area (Å²) in [6, 6.07) is 57.1. The summed E-state index contributed by atoms with van der Waals surface area (Å²) in [4.78, 5) is 0. The second kappa shape index (κ2) is 10.0. The van der Waals surface area contributed by atoms with E-state index in [1.807, 2.05) is 0 Å². The first kappa shape index (κ1) is 24.6. The molecule has 0 aromatic heterocycles. The van der Waals surface area contributed by atoms with Crippen LogP contribution in [0.1, 0.15) is 22.3 Å². The normalized spacial score (nSPS) is 13.3. The van der Waals surface area contributed by atoms with Crippen LogP contribution in [-0.4, -0.2) is 0 Å². The predicted octanol–water partition coefficient (Wildman–Crippen LogP) is 10.5. The lowest BCUT2D eigenvalue weighted by atomic mass is 9.63. The zero-order valence-corrected chi connectivity index (χ0v) is 23.3. The van der Waals surface area contributed by atoms with Crippen molar-refractivity contribution in [1.82, 2.24) is 0 Å². The van der Waals surface area contributed by atoms with Crippen LogP contribution in [0.3, 0.4) is 0 Å². The van der Waals surface area contributed by atoms with Crippen LogP contribution in [0.15, 0.2) is 158 Å². The first-order valence-electron chi connectivity index (χ1n) is 14.7. The zero-order chi connectivity index (χ0) is 27.9. The Morgan fingerprint density at radius 2 is 0.833 bits per heavy atom. The topological polar surface area (TPSA) is 9.23 Å². The van der Waals surface area contributed by atoms with Gasteiger partial charge in [0.25, 0.3) is 0 Å². The smallest absolute Gasteiger partial charge is 0.132 e. The lowest BCUT2D eigenvalue weighted by molar-refractivity contribution is 0.391. The van der Waals surface area contributed by atoms with E-state index in [4.69, 9.17) is 4.74 Å². The molecule has 0 amide bonds. The summed E-state index contributed by atoms with van der Waals surface area (Å²) in [7, 11) is 0. The average molecular weight is 539 g/mol. The molecule has 1 aliphatic heterocycles. The molecule has 1 heterocycles. The van der Waals surface area contributed by atoms with Gasteiger partial charge in [-0.15, -0.1) is 0 Å². The number of fused-ring (bicyclic) bond motifs is 6. The van der Waals surface area contributed by atoms with Gasteiger partial charge in [0.15, 0.2) is 0 Å². The molecule has 200 valence electrons. The third-order valence-corrected chi connectivity index (χ3v) is 8.87. The minimum absolute atomic E-state index is 0.361. The fourth-order valence-corrected chi connectivity index (χ4v) is 7.06. The van der Waals surface area contributed by atoms with E-state index in [2.05, 4.69) is 158 Å². The van der Waals surface area contributed by atoms with E-state index in [1.165, 1.54) is 54.9 Å². The van der Waals surface area contributed by atoms with Gasteiger partial charge >= 0.3 is 0 Å². The average Bonchev–Trinajstić information content (AvgIpc) is 3.05. The Morgan fingerprint density at radius 3 is 1.40 bits per heavy atom. The van der Waals surface area contributed by atoms with E-state index in [0.717, 1.165) is 24.3 Å². The Hall–Kier alpha value is -5.14. The van der Waals surface area contributed by atoms with Crippen LogP contribution in [0.25, 0.3) is 32.7 Å². The molecule has 8 rings (SSSR count). The van der Waals surface area contributed by atoms with Gasteiger partial charge < -0.3 is 4.74 Å². The maximum atomic E-state index is 6.80. The van der Waals surface area contributed by atoms with Crippen molar-refractivity contribution >= 4 is 21.5 Å².